The predicted octanol–water partition coefficient (Wildman–Crippen LogP) is 11.2. The molecule has 2 aliphatic carbocycles. The van der Waals surface area contributed by atoms with E-state index in [-0.39, 0.29) is 0 Å². The van der Waals surface area contributed by atoms with Crippen LogP contribution in [0.3, 0.4) is 0 Å². The van der Waals surface area contributed by atoms with Crippen LogP contribution >= 0.6 is 0 Å². The van der Waals surface area contributed by atoms with Crippen LogP contribution in [0.15, 0.2) is 83.2 Å². The van der Waals surface area contributed by atoms with Gasteiger partial charge in [-0.2, -0.15) is 0 Å². The SMILES string of the molecule is Cc1cc(C)cc(-c2cccc3c2C=C([Si](C2=Cc4c(cccc4-c4cc(C)cc(C)c4)C2)(C(C)C)C(C)C)C3)c1. The monoisotopic (exact) mass is 552 g/mol. The molecule has 0 nitrogen and oxygen atoms in total. The first-order valence-corrected chi connectivity index (χ1v) is 17.6. The van der Waals surface area contributed by atoms with Gasteiger partial charge in [-0.05, 0) is 96.1 Å². The Hall–Kier alpha value is -3.42. The number of benzene rings is 4. The van der Waals surface area contributed by atoms with Crippen LogP contribution in [-0.4, -0.2) is 8.07 Å². The van der Waals surface area contributed by atoms with Crippen molar-refractivity contribution >= 4 is 20.2 Å². The van der Waals surface area contributed by atoms with Gasteiger partial charge in [0.1, 0.15) is 8.07 Å². The molecule has 0 N–H and O–H groups in total. The van der Waals surface area contributed by atoms with Crippen LogP contribution in [0.1, 0.15) is 72.2 Å². The van der Waals surface area contributed by atoms with Crippen molar-refractivity contribution in [3.63, 3.8) is 0 Å². The molecule has 0 saturated heterocycles. The number of aryl methyl sites for hydroxylation is 4. The number of hydrogen-bond donors (Lipinski definition) is 0. The second-order valence-electron chi connectivity index (χ2n) is 13.4. The first kappa shape index (κ1) is 27.7. The van der Waals surface area contributed by atoms with E-state index in [1.807, 2.05) is 0 Å². The Morgan fingerprint density at radius 3 is 1.22 bits per heavy atom. The average Bonchev–Trinajstić information content (AvgIpc) is 3.52. The van der Waals surface area contributed by atoms with E-state index in [2.05, 4.69) is 140 Å². The summed E-state index contributed by atoms with van der Waals surface area (Å²) in [6, 6.07) is 27.9. The molecule has 0 aromatic heterocycles. The van der Waals surface area contributed by atoms with Crippen molar-refractivity contribution < 1.29 is 0 Å². The first-order chi connectivity index (χ1) is 19.6. The highest BCUT2D eigenvalue weighted by atomic mass is 28.3. The molecule has 0 heterocycles. The molecule has 41 heavy (non-hydrogen) atoms. The standard InChI is InChI=1S/C40H44Si/c1-25(2)41(26(3)4,35-21-31-11-9-13-37(39(31)23-35)33-17-27(5)15-28(6)18-33)36-22-32-12-10-14-38(40(32)24-36)34-19-29(7)16-30(8)20-34/h9-20,23-26H,21-22H2,1-8H3. The summed E-state index contributed by atoms with van der Waals surface area (Å²) in [4.78, 5) is 0. The fourth-order valence-corrected chi connectivity index (χ4v) is 14.8. The molecule has 0 radical (unpaired) electrons. The fraction of sp³-hybridized carbons (Fsp3) is 0.300. The van der Waals surface area contributed by atoms with Crippen molar-refractivity contribution in [1.29, 1.82) is 0 Å². The third kappa shape index (κ3) is 4.69. The largest absolute Gasteiger partial charge is 0.114 e. The van der Waals surface area contributed by atoms with Gasteiger partial charge in [-0.25, -0.2) is 0 Å². The van der Waals surface area contributed by atoms with Gasteiger partial charge in [0, 0.05) is 0 Å². The Morgan fingerprint density at radius 2 is 0.878 bits per heavy atom. The van der Waals surface area contributed by atoms with Gasteiger partial charge < -0.3 is 0 Å². The molecule has 208 valence electrons. The van der Waals surface area contributed by atoms with Crippen molar-refractivity contribution in [2.75, 3.05) is 0 Å². The van der Waals surface area contributed by atoms with Crippen LogP contribution in [0.5, 0.6) is 0 Å². The van der Waals surface area contributed by atoms with Gasteiger partial charge in [-0.15, -0.1) is 0 Å². The lowest BCUT2D eigenvalue weighted by Gasteiger charge is -2.42. The second-order valence-corrected chi connectivity index (χ2v) is 18.7. The van der Waals surface area contributed by atoms with Crippen LogP contribution in [-0.2, 0) is 12.8 Å². The zero-order chi connectivity index (χ0) is 29.1. The highest BCUT2D eigenvalue weighted by Crippen LogP contribution is 2.52. The van der Waals surface area contributed by atoms with E-state index in [0.29, 0.717) is 11.1 Å². The molecule has 2 aliphatic rings. The summed E-state index contributed by atoms with van der Waals surface area (Å²) in [7, 11) is -2.05. The predicted molar refractivity (Wildman–Crippen MR) is 182 cm³/mol. The summed E-state index contributed by atoms with van der Waals surface area (Å²) < 4.78 is 0. The first-order valence-electron chi connectivity index (χ1n) is 15.4. The Labute approximate surface area is 248 Å². The number of rotatable bonds is 6. The lowest BCUT2D eigenvalue weighted by atomic mass is 9.95. The highest BCUT2D eigenvalue weighted by molar-refractivity contribution is 6.96. The zero-order valence-corrected chi connectivity index (χ0v) is 27.2. The molecule has 4 aromatic rings. The Balaban J connectivity index is 1.50. The Bertz CT molecular complexity index is 1560. The van der Waals surface area contributed by atoms with Crippen LogP contribution in [0.4, 0.5) is 0 Å². The highest BCUT2D eigenvalue weighted by Gasteiger charge is 2.48. The van der Waals surface area contributed by atoms with E-state index in [9.17, 15) is 0 Å². The molecule has 4 aromatic carbocycles. The maximum absolute atomic E-state index is 2.64. The van der Waals surface area contributed by atoms with Gasteiger partial charge in [-0.1, -0.05) is 145 Å². The topological polar surface area (TPSA) is 0 Å². The van der Waals surface area contributed by atoms with Crippen LogP contribution in [0, 0.1) is 27.7 Å². The van der Waals surface area contributed by atoms with E-state index in [0.717, 1.165) is 12.8 Å². The molecule has 0 unspecified atom stereocenters. The minimum atomic E-state index is -2.05. The maximum Gasteiger partial charge on any atom is 0.114 e. The van der Waals surface area contributed by atoms with Gasteiger partial charge in [0.25, 0.3) is 0 Å². The van der Waals surface area contributed by atoms with Crippen molar-refractivity contribution in [1.82, 2.24) is 0 Å². The molecular formula is C40H44Si. The van der Waals surface area contributed by atoms with Gasteiger partial charge in [-0.3, -0.25) is 0 Å². The molecular weight excluding hydrogens is 509 g/mol. The van der Waals surface area contributed by atoms with Gasteiger partial charge in [0.2, 0.25) is 0 Å². The normalized spacial score (nSPS) is 14.4. The second kappa shape index (κ2) is 10.4. The summed E-state index contributed by atoms with van der Waals surface area (Å²) in [6.07, 6.45) is 7.47. The number of allylic oxidation sites excluding steroid dienone is 2. The lowest BCUT2D eigenvalue weighted by Crippen LogP contribution is -2.46. The molecule has 1 heteroatoms. The zero-order valence-electron chi connectivity index (χ0n) is 26.2. The quantitative estimate of drug-likeness (QED) is 0.209. The van der Waals surface area contributed by atoms with Crippen molar-refractivity contribution in [3.8, 4) is 22.3 Å². The summed E-state index contributed by atoms with van der Waals surface area (Å²) in [6.45, 7) is 18.9. The summed E-state index contributed by atoms with van der Waals surface area (Å²) in [5.74, 6) is 0. The minimum absolute atomic E-state index is 0.623. The Kier molecular flexibility index (Phi) is 7.06. The molecule has 0 saturated carbocycles. The summed E-state index contributed by atoms with van der Waals surface area (Å²) in [5.41, 5.74) is 18.0. The van der Waals surface area contributed by atoms with Crippen molar-refractivity contribution in [2.24, 2.45) is 0 Å². The van der Waals surface area contributed by atoms with Crippen molar-refractivity contribution in [3.05, 3.63) is 128 Å². The van der Waals surface area contributed by atoms with Crippen LogP contribution < -0.4 is 0 Å². The molecule has 0 bridgehead atoms. The smallest absolute Gasteiger partial charge is 0.0704 e. The van der Waals surface area contributed by atoms with Gasteiger partial charge >= 0.3 is 0 Å². The van der Waals surface area contributed by atoms with E-state index in [1.165, 1.54) is 66.8 Å². The third-order valence-electron chi connectivity index (χ3n) is 9.74. The Morgan fingerprint density at radius 1 is 0.512 bits per heavy atom. The van der Waals surface area contributed by atoms with Crippen LogP contribution in [0.2, 0.25) is 11.1 Å². The van der Waals surface area contributed by atoms with E-state index in [4.69, 9.17) is 0 Å². The maximum atomic E-state index is 2.64. The number of hydrogen-bond acceptors (Lipinski definition) is 0. The van der Waals surface area contributed by atoms with Crippen molar-refractivity contribution in [2.45, 2.75) is 79.3 Å². The molecule has 0 atom stereocenters. The van der Waals surface area contributed by atoms with E-state index < -0.39 is 8.07 Å². The molecule has 0 aliphatic heterocycles. The van der Waals surface area contributed by atoms with Crippen LogP contribution in [0.25, 0.3) is 34.4 Å². The van der Waals surface area contributed by atoms with Gasteiger partial charge in [0.15, 0.2) is 0 Å². The molecule has 0 fully saturated rings. The summed E-state index contributed by atoms with van der Waals surface area (Å²) >= 11 is 0. The number of fused-ring (bicyclic) bond motifs is 2. The van der Waals surface area contributed by atoms with E-state index >= 15 is 0 Å². The minimum Gasteiger partial charge on any atom is -0.0704 e. The molecule has 0 spiro atoms. The van der Waals surface area contributed by atoms with E-state index in [1.54, 1.807) is 10.4 Å². The summed E-state index contributed by atoms with van der Waals surface area (Å²) in [5, 5.41) is 3.45. The molecule has 6 rings (SSSR count). The third-order valence-corrected chi connectivity index (χ3v) is 16.2. The van der Waals surface area contributed by atoms with Gasteiger partial charge in [0.05, 0.1) is 0 Å². The fourth-order valence-electron chi connectivity index (χ4n) is 8.39. The molecule has 0 amide bonds. The average molecular weight is 553 g/mol. The lowest BCUT2D eigenvalue weighted by molar-refractivity contribution is 0.896.